The van der Waals surface area contributed by atoms with E-state index < -0.39 is 0 Å². The summed E-state index contributed by atoms with van der Waals surface area (Å²) in [6.07, 6.45) is 9.55. The molecule has 0 aromatic rings. The summed E-state index contributed by atoms with van der Waals surface area (Å²) < 4.78 is 0. The molecule has 22 heavy (non-hydrogen) atoms. The third-order valence-electron chi connectivity index (χ3n) is 8.41. The van der Waals surface area contributed by atoms with Crippen molar-refractivity contribution in [2.45, 2.75) is 58.8 Å². The maximum atomic E-state index is 12.7. The summed E-state index contributed by atoms with van der Waals surface area (Å²) in [6, 6.07) is 0. The van der Waals surface area contributed by atoms with Gasteiger partial charge in [-0.05, 0) is 73.7 Å². The first-order valence-corrected chi connectivity index (χ1v) is 9.23. The molecule has 2 unspecified atom stereocenters. The van der Waals surface area contributed by atoms with E-state index in [0.29, 0.717) is 35.2 Å². The van der Waals surface area contributed by atoms with E-state index in [0.717, 1.165) is 31.6 Å². The lowest BCUT2D eigenvalue weighted by atomic mass is 9.47. The highest BCUT2D eigenvalue weighted by Crippen LogP contribution is 2.71. The maximum absolute atomic E-state index is 12.7. The Hall–Kier alpha value is -0.920. The van der Waals surface area contributed by atoms with Gasteiger partial charge in [-0.1, -0.05) is 19.4 Å². The first kappa shape index (κ1) is 13.5. The quantitative estimate of drug-likeness (QED) is 0.678. The number of carbonyl (C=O) groups excluding carboxylic acids is 2. The number of rotatable bonds is 0. The fourth-order valence-electron chi connectivity index (χ4n) is 7.22. The summed E-state index contributed by atoms with van der Waals surface area (Å²) in [4.78, 5) is 24.6. The van der Waals surface area contributed by atoms with Gasteiger partial charge in [-0.2, -0.15) is 0 Å². The summed E-state index contributed by atoms with van der Waals surface area (Å²) in [5.74, 6) is 4.17. The fraction of sp³-hybridized carbons (Fsp3) is 0.800. The number of ketones is 2. The minimum Gasteiger partial charge on any atom is -0.299 e. The first-order chi connectivity index (χ1) is 10.4. The van der Waals surface area contributed by atoms with Crippen molar-refractivity contribution in [1.29, 1.82) is 0 Å². The van der Waals surface area contributed by atoms with Gasteiger partial charge in [0.1, 0.15) is 5.78 Å². The topological polar surface area (TPSA) is 34.1 Å². The predicted molar refractivity (Wildman–Crippen MR) is 84.1 cm³/mol. The van der Waals surface area contributed by atoms with Crippen molar-refractivity contribution in [3.05, 3.63) is 11.6 Å². The normalized spacial score (nSPS) is 55.7. The van der Waals surface area contributed by atoms with Crippen molar-refractivity contribution in [2.75, 3.05) is 0 Å². The Morgan fingerprint density at radius 3 is 2.64 bits per heavy atom. The lowest BCUT2D eigenvalue weighted by molar-refractivity contribution is -0.136. The molecule has 4 saturated carbocycles. The van der Waals surface area contributed by atoms with Crippen LogP contribution in [-0.4, -0.2) is 11.6 Å². The molecule has 0 saturated heterocycles. The van der Waals surface area contributed by atoms with Crippen molar-refractivity contribution in [3.8, 4) is 0 Å². The van der Waals surface area contributed by atoms with Crippen LogP contribution >= 0.6 is 0 Å². The van der Waals surface area contributed by atoms with Gasteiger partial charge in [-0.25, -0.2) is 0 Å². The molecular weight excluding hydrogens is 272 g/mol. The summed E-state index contributed by atoms with van der Waals surface area (Å²) >= 11 is 0. The van der Waals surface area contributed by atoms with Gasteiger partial charge < -0.3 is 0 Å². The predicted octanol–water partition coefficient (Wildman–Crippen LogP) is 3.94. The molecule has 0 spiro atoms. The highest BCUT2D eigenvalue weighted by Gasteiger charge is 2.70. The van der Waals surface area contributed by atoms with Crippen LogP contribution in [0.4, 0.5) is 0 Å². The summed E-state index contributed by atoms with van der Waals surface area (Å²) in [5.41, 5.74) is 1.68. The third kappa shape index (κ3) is 1.43. The van der Waals surface area contributed by atoms with E-state index in [9.17, 15) is 9.59 Å². The maximum Gasteiger partial charge on any atom is 0.155 e. The van der Waals surface area contributed by atoms with E-state index in [4.69, 9.17) is 0 Å². The van der Waals surface area contributed by atoms with E-state index >= 15 is 0 Å². The SMILES string of the molecule is C[C@]12CCC(=O)C=C1CC[C@@H]1[C@@H]2CC[C@]2(C)C(=O)C3CC3[C@@H]12. The van der Waals surface area contributed by atoms with E-state index in [1.165, 1.54) is 24.8 Å². The molecule has 2 heteroatoms. The van der Waals surface area contributed by atoms with Gasteiger partial charge >= 0.3 is 0 Å². The standard InChI is InChI=1S/C20H26O2/c1-19-7-5-12(21)9-11(19)3-4-13-16(19)6-8-20(2)17(13)14-10-15(14)18(20)22/h9,13-17H,3-8,10H2,1-2H3/t13-,14?,15?,16+,17-,19+,20+/m1/s1. The summed E-state index contributed by atoms with van der Waals surface area (Å²) in [7, 11) is 0. The van der Waals surface area contributed by atoms with E-state index in [1.54, 1.807) is 0 Å². The fourth-order valence-corrected chi connectivity index (χ4v) is 7.22. The number of hydrogen-bond acceptors (Lipinski definition) is 2. The van der Waals surface area contributed by atoms with Gasteiger partial charge in [0.2, 0.25) is 0 Å². The van der Waals surface area contributed by atoms with Crippen LogP contribution in [0.1, 0.15) is 58.8 Å². The van der Waals surface area contributed by atoms with Crippen LogP contribution in [0.5, 0.6) is 0 Å². The van der Waals surface area contributed by atoms with E-state index in [1.807, 2.05) is 6.08 Å². The zero-order valence-corrected chi connectivity index (χ0v) is 13.7. The number of hydrogen-bond donors (Lipinski definition) is 0. The number of Topliss-reactive ketones (excluding diaryl/α,β-unsaturated/α-hetero) is 1. The van der Waals surface area contributed by atoms with Crippen molar-refractivity contribution in [3.63, 3.8) is 0 Å². The number of allylic oxidation sites excluding steroid dienone is 1. The average molecular weight is 298 g/mol. The van der Waals surface area contributed by atoms with E-state index in [2.05, 4.69) is 13.8 Å². The molecule has 0 bridgehead atoms. The molecule has 5 aliphatic rings. The van der Waals surface area contributed by atoms with Crippen LogP contribution in [0.2, 0.25) is 0 Å². The molecular formula is C20H26O2. The second-order valence-corrected chi connectivity index (χ2v) is 9.21. The average Bonchev–Trinajstić information content (AvgIpc) is 3.22. The van der Waals surface area contributed by atoms with Gasteiger partial charge in [0, 0.05) is 17.8 Å². The minimum absolute atomic E-state index is 0.00316. The first-order valence-electron chi connectivity index (χ1n) is 9.23. The number of carbonyl (C=O) groups is 2. The van der Waals surface area contributed by atoms with E-state index in [-0.39, 0.29) is 10.8 Å². The lowest BCUT2D eigenvalue weighted by Gasteiger charge is -2.57. The monoisotopic (exact) mass is 298 g/mol. The summed E-state index contributed by atoms with van der Waals surface area (Å²) in [5, 5.41) is 0. The molecule has 0 aromatic carbocycles. The van der Waals surface area contributed by atoms with Crippen LogP contribution in [0.15, 0.2) is 11.6 Å². The molecule has 4 fully saturated rings. The van der Waals surface area contributed by atoms with Gasteiger partial charge in [-0.3, -0.25) is 9.59 Å². The molecule has 0 heterocycles. The Balaban J connectivity index is 1.55. The van der Waals surface area contributed by atoms with Crippen LogP contribution in [0.25, 0.3) is 0 Å². The molecule has 2 nitrogen and oxygen atoms in total. The molecule has 0 radical (unpaired) electrons. The lowest BCUT2D eigenvalue weighted by Crippen LogP contribution is -2.51. The van der Waals surface area contributed by atoms with Gasteiger partial charge in [0.15, 0.2) is 5.78 Å². The third-order valence-corrected chi connectivity index (χ3v) is 8.41. The van der Waals surface area contributed by atoms with Crippen molar-refractivity contribution in [1.82, 2.24) is 0 Å². The van der Waals surface area contributed by atoms with Crippen LogP contribution in [-0.2, 0) is 9.59 Å². The summed E-state index contributed by atoms with van der Waals surface area (Å²) in [6.45, 7) is 4.70. The highest BCUT2D eigenvalue weighted by molar-refractivity contribution is 5.93. The van der Waals surface area contributed by atoms with Gasteiger partial charge in [0.05, 0.1) is 0 Å². The molecule has 5 aliphatic carbocycles. The minimum atomic E-state index is -0.00316. The molecule has 118 valence electrons. The Labute approximate surface area is 132 Å². The largest absolute Gasteiger partial charge is 0.299 e. The van der Waals surface area contributed by atoms with Crippen molar-refractivity contribution < 1.29 is 9.59 Å². The Morgan fingerprint density at radius 2 is 1.82 bits per heavy atom. The molecule has 0 aromatic heterocycles. The zero-order chi connectivity index (χ0) is 15.3. The Morgan fingerprint density at radius 1 is 1.00 bits per heavy atom. The molecule has 7 atom stereocenters. The molecule has 0 aliphatic heterocycles. The smallest absolute Gasteiger partial charge is 0.155 e. The Bertz CT molecular complexity index is 617. The zero-order valence-electron chi connectivity index (χ0n) is 13.7. The Kier molecular flexibility index (Phi) is 2.42. The second kappa shape index (κ2) is 3.94. The van der Waals surface area contributed by atoms with Crippen molar-refractivity contribution in [2.24, 2.45) is 40.4 Å². The number of fused-ring (bicyclic) bond motifs is 7. The van der Waals surface area contributed by atoms with Crippen LogP contribution in [0.3, 0.4) is 0 Å². The van der Waals surface area contributed by atoms with Crippen molar-refractivity contribution >= 4 is 11.6 Å². The van der Waals surface area contributed by atoms with Crippen LogP contribution < -0.4 is 0 Å². The molecule has 0 amide bonds. The van der Waals surface area contributed by atoms with Gasteiger partial charge in [-0.15, -0.1) is 0 Å². The van der Waals surface area contributed by atoms with Gasteiger partial charge in [0.25, 0.3) is 0 Å². The van der Waals surface area contributed by atoms with Crippen LogP contribution in [0, 0.1) is 40.4 Å². The molecule has 0 N–H and O–H groups in total. The second-order valence-electron chi connectivity index (χ2n) is 9.21. The molecule has 5 rings (SSSR count). The highest BCUT2D eigenvalue weighted by atomic mass is 16.1.